The standard InChI is InChI=1S/C7H2Cl2F4/c8-3-1-2-4(10)5(6(3)9)7(11,12)13/h1-2H. The number of halogens is 6. The lowest BCUT2D eigenvalue weighted by molar-refractivity contribution is -0.139. The SMILES string of the molecule is Fc1ccc(Cl)c(Cl)c1C(F)(F)F. The molecule has 6 heteroatoms. The van der Waals surface area contributed by atoms with Crippen molar-refractivity contribution in [3.05, 3.63) is 33.6 Å². The summed E-state index contributed by atoms with van der Waals surface area (Å²) in [5.41, 5.74) is -1.53. The zero-order valence-corrected chi connectivity index (χ0v) is 7.43. The van der Waals surface area contributed by atoms with Crippen LogP contribution >= 0.6 is 23.2 Å². The lowest BCUT2D eigenvalue weighted by atomic mass is 10.2. The van der Waals surface area contributed by atoms with E-state index in [0.717, 1.165) is 6.07 Å². The van der Waals surface area contributed by atoms with Crippen molar-refractivity contribution in [1.29, 1.82) is 0 Å². The Morgan fingerprint density at radius 1 is 1.08 bits per heavy atom. The molecule has 1 aromatic carbocycles. The van der Waals surface area contributed by atoms with Crippen molar-refractivity contribution in [3.8, 4) is 0 Å². The smallest absolute Gasteiger partial charge is 0.206 e. The van der Waals surface area contributed by atoms with Gasteiger partial charge in [-0.3, -0.25) is 0 Å². The van der Waals surface area contributed by atoms with Crippen LogP contribution in [0.25, 0.3) is 0 Å². The van der Waals surface area contributed by atoms with Gasteiger partial charge in [0.25, 0.3) is 0 Å². The van der Waals surface area contributed by atoms with E-state index < -0.39 is 22.6 Å². The molecule has 0 aliphatic heterocycles. The maximum Gasteiger partial charge on any atom is 0.420 e. The minimum absolute atomic E-state index is 0.324. The van der Waals surface area contributed by atoms with Crippen LogP contribution in [-0.2, 0) is 6.18 Å². The largest absolute Gasteiger partial charge is 0.420 e. The molecule has 0 saturated heterocycles. The van der Waals surface area contributed by atoms with Crippen molar-refractivity contribution < 1.29 is 17.6 Å². The first-order valence-corrected chi connectivity index (χ1v) is 3.80. The Morgan fingerprint density at radius 2 is 1.62 bits per heavy atom. The van der Waals surface area contributed by atoms with Gasteiger partial charge in [-0.2, -0.15) is 13.2 Å². The van der Waals surface area contributed by atoms with Crippen LogP contribution < -0.4 is 0 Å². The molecule has 72 valence electrons. The summed E-state index contributed by atoms with van der Waals surface area (Å²) in [4.78, 5) is 0. The molecule has 0 saturated carbocycles. The quantitative estimate of drug-likeness (QED) is 0.466. The second-order valence-electron chi connectivity index (χ2n) is 2.22. The second-order valence-corrected chi connectivity index (χ2v) is 3.00. The van der Waals surface area contributed by atoms with Crippen molar-refractivity contribution in [2.45, 2.75) is 6.18 Å². The van der Waals surface area contributed by atoms with Crippen LogP contribution in [-0.4, -0.2) is 0 Å². The lowest BCUT2D eigenvalue weighted by Gasteiger charge is -2.10. The molecule has 0 aliphatic carbocycles. The molecule has 0 atom stereocenters. The molecule has 0 fully saturated rings. The van der Waals surface area contributed by atoms with Crippen molar-refractivity contribution in [1.82, 2.24) is 0 Å². The number of alkyl halides is 3. The molecule has 0 aromatic heterocycles. The minimum atomic E-state index is -4.83. The van der Waals surface area contributed by atoms with Gasteiger partial charge in [-0.15, -0.1) is 0 Å². The zero-order valence-electron chi connectivity index (χ0n) is 5.92. The van der Waals surface area contributed by atoms with Gasteiger partial charge >= 0.3 is 6.18 Å². The van der Waals surface area contributed by atoms with Gasteiger partial charge in [0.05, 0.1) is 10.0 Å². The molecule has 0 N–H and O–H groups in total. The Kier molecular flexibility index (Phi) is 2.73. The molecule has 0 unspecified atom stereocenters. The number of hydrogen-bond donors (Lipinski definition) is 0. The first-order valence-electron chi connectivity index (χ1n) is 3.04. The number of rotatable bonds is 0. The normalized spacial score (nSPS) is 11.8. The van der Waals surface area contributed by atoms with Gasteiger partial charge < -0.3 is 0 Å². The summed E-state index contributed by atoms with van der Waals surface area (Å²) < 4.78 is 49.0. The van der Waals surface area contributed by atoms with Crippen LogP contribution in [0.3, 0.4) is 0 Å². The molecule has 1 aromatic rings. The topological polar surface area (TPSA) is 0 Å². The van der Waals surface area contributed by atoms with E-state index in [4.69, 9.17) is 23.2 Å². The van der Waals surface area contributed by atoms with Gasteiger partial charge in [0, 0.05) is 0 Å². The molecular weight excluding hydrogens is 231 g/mol. The van der Waals surface area contributed by atoms with E-state index in [1.165, 1.54) is 0 Å². The van der Waals surface area contributed by atoms with Crippen molar-refractivity contribution in [2.24, 2.45) is 0 Å². The summed E-state index contributed by atoms with van der Waals surface area (Å²) in [6.07, 6.45) is -4.83. The van der Waals surface area contributed by atoms with Gasteiger partial charge in [0.1, 0.15) is 11.4 Å². The van der Waals surface area contributed by atoms with Gasteiger partial charge in [-0.25, -0.2) is 4.39 Å². The van der Waals surface area contributed by atoms with Gasteiger partial charge in [0.2, 0.25) is 0 Å². The van der Waals surface area contributed by atoms with E-state index in [9.17, 15) is 17.6 Å². The third-order valence-corrected chi connectivity index (χ3v) is 2.13. The fourth-order valence-corrected chi connectivity index (χ4v) is 1.20. The Bertz CT molecular complexity index is 332. The highest BCUT2D eigenvalue weighted by molar-refractivity contribution is 6.42. The van der Waals surface area contributed by atoms with E-state index in [2.05, 4.69) is 0 Å². The first kappa shape index (κ1) is 10.6. The summed E-state index contributed by atoms with van der Waals surface area (Å²) in [7, 11) is 0. The molecule has 0 heterocycles. The average Bonchev–Trinajstić information content (AvgIpc) is 1.95. The van der Waals surface area contributed by atoms with E-state index in [1.54, 1.807) is 0 Å². The average molecular weight is 233 g/mol. The maximum absolute atomic E-state index is 12.7. The fourth-order valence-electron chi connectivity index (χ4n) is 0.787. The summed E-state index contributed by atoms with van der Waals surface area (Å²) in [5, 5.41) is -1.13. The second kappa shape index (κ2) is 3.35. The molecule has 0 amide bonds. The van der Waals surface area contributed by atoms with Gasteiger partial charge in [0.15, 0.2) is 0 Å². The first-order chi connectivity index (χ1) is 5.84. The Morgan fingerprint density at radius 3 is 2.00 bits per heavy atom. The highest BCUT2D eigenvalue weighted by Gasteiger charge is 2.37. The van der Waals surface area contributed by atoms with Crippen LogP contribution in [0.15, 0.2) is 12.1 Å². The van der Waals surface area contributed by atoms with E-state index in [1.807, 2.05) is 0 Å². The summed E-state index contributed by atoms with van der Waals surface area (Å²) in [5.74, 6) is -1.43. The molecule has 0 bridgehead atoms. The molecule has 13 heavy (non-hydrogen) atoms. The highest BCUT2D eigenvalue weighted by Crippen LogP contribution is 2.39. The van der Waals surface area contributed by atoms with Crippen molar-refractivity contribution >= 4 is 23.2 Å². The van der Waals surface area contributed by atoms with E-state index in [-0.39, 0.29) is 5.02 Å². The number of hydrogen-bond acceptors (Lipinski definition) is 0. The third kappa shape index (κ3) is 2.06. The molecule has 0 spiro atoms. The molecule has 1 rings (SSSR count). The minimum Gasteiger partial charge on any atom is -0.206 e. The van der Waals surface area contributed by atoms with Crippen LogP contribution in [0, 0.1) is 5.82 Å². The zero-order chi connectivity index (χ0) is 10.2. The van der Waals surface area contributed by atoms with Gasteiger partial charge in [-0.1, -0.05) is 23.2 Å². The Labute approximate surface area is 81.1 Å². The van der Waals surface area contributed by atoms with Gasteiger partial charge in [-0.05, 0) is 12.1 Å². The predicted molar refractivity (Wildman–Crippen MR) is 41.4 cm³/mol. The summed E-state index contributed by atoms with van der Waals surface area (Å²) in [6.45, 7) is 0. The summed E-state index contributed by atoms with van der Waals surface area (Å²) in [6, 6.07) is 1.59. The molecular formula is C7H2Cl2F4. The van der Waals surface area contributed by atoms with Crippen molar-refractivity contribution in [3.63, 3.8) is 0 Å². The molecule has 0 radical (unpaired) electrons. The van der Waals surface area contributed by atoms with E-state index in [0.29, 0.717) is 6.07 Å². The Balaban J connectivity index is 3.43. The molecule has 0 aliphatic rings. The van der Waals surface area contributed by atoms with Crippen LogP contribution in [0.2, 0.25) is 10.0 Å². The van der Waals surface area contributed by atoms with Crippen LogP contribution in [0.1, 0.15) is 5.56 Å². The van der Waals surface area contributed by atoms with Crippen molar-refractivity contribution in [2.75, 3.05) is 0 Å². The van der Waals surface area contributed by atoms with E-state index >= 15 is 0 Å². The molecule has 0 nitrogen and oxygen atoms in total. The summed E-state index contributed by atoms with van der Waals surface area (Å²) >= 11 is 10.5. The Hall–Kier alpha value is -0.480. The fraction of sp³-hybridized carbons (Fsp3) is 0.143. The van der Waals surface area contributed by atoms with Crippen LogP contribution in [0.5, 0.6) is 0 Å². The lowest BCUT2D eigenvalue weighted by Crippen LogP contribution is -2.09. The number of benzene rings is 1. The predicted octanol–water partition coefficient (Wildman–Crippen LogP) is 4.15. The van der Waals surface area contributed by atoms with Crippen LogP contribution in [0.4, 0.5) is 17.6 Å². The highest BCUT2D eigenvalue weighted by atomic mass is 35.5. The third-order valence-electron chi connectivity index (χ3n) is 1.33. The maximum atomic E-state index is 12.7. The monoisotopic (exact) mass is 232 g/mol.